The van der Waals surface area contributed by atoms with Gasteiger partial charge in [0, 0.05) is 32.7 Å². The first-order valence-corrected chi connectivity index (χ1v) is 9.62. The van der Waals surface area contributed by atoms with Crippen LogP contribution in [0.4, 0.5) is 5.69 Å². The van der Waals surface area contributed by atoms with Crippen molar-refractivity contribution in [3.63, 3.8) is 0 Å². The second-order valence-electron chi connectivity index (χ2n) is 6.90. The molecule has 5 nitrogen and oxygen atoms in total. The van der Waals surface area contributed by atoms with Crippen molar-refractivity contribution in [3.05, 3.63) is 60.2 Å². The van der Waals surface area contributed by atoms with E-state index in [-0.39, 0.29) is 11.9 Å². The van der Waals surface area contributed by atoms with Gasteiger partial charge in [0.1, 0.15) is 5.75 Å². The molecule has 144 valence electrons. The molecule has 2 aromatic carbocycles. The largest absolute Gasteiger partial charge is 0.495 e. The summed E-state index contributed by atoms with van der Waals surface area (Å²) in [6.45, 7) is 6.19. The van der Waals surface area contributed by atoms with Crippen molar-refractivity contribution in [3.8, 4) is 5.75 Å². The van der Waals surface area contributed by atoms with Crippen molar-refractivity contribution < 1.29 is 9.53 Å². The van der Waals surface area contributed by atoms with Gasteiger partial charge >= 0.3 is 0 Å². The fraction of sp³-hybridized carbons (Fsp3) is 0.409. The summed E-state index contributed by atoms with van der Waals surface area (Å²) in [4.78, 5) is 17.1. The minimum Gasteiger partial charge on any atom is -0.495 e. The van der Waals surface area contributed by atoms with Crippen LogP contribution in [-0.4, -0.2) is 56.7 Å². The third-order valence-electron chi connectivity index (χ3n) is 5.22. The van der Waals surface area contributed by atoms with Crippen molar-refractivity contribution in [1.29, 1.82) is 0 Å². The topological polar surface area (TPSA) is 44.8 Å². The maximum atomic E-state index is 12.5. The maximum Gasteiger partial charge on any atom is 0.237 e. The lowest BCUT2D eigenvalue weighted by molar-refractivity contribution is -0.125. The minimum atomic E-state index is -0.111. The number of piperazine rings is 1. The maximum absolute atomic E-state index is 12.5. The molecule has 0 bridgehead atoms. The first-order valence-electron chi connectivity index (χ1n) is 9.62. The Morgan fingerprint density at radius 1 is 1.04 bits per heavy atom. The molecular formula is C22H29N3O2. The lowest BCUT2D eigenvalue weighted by atomic mass is 10.1. The summed E-state index contributed by atoms with van der Waals surface area (Å²) < 4.78 is 5.47. The summed E-state index contributed by atoms with van der Waals surface area (Å²) in [5, 5.41) is 3.08. The summed E-state index contributed by atoms with van der Waals surface area (Å²) in [5.41, 5.74) is 2.37. The summed E-state index contributed by atoms with van der Waals surface area (Å²) in [5.74, 6) is 1.01. The van der Waals surface area contributed by atoms with Crippen LogP contribution in [0, 0.1) is 0 Å². The van der Waals surface area contributed by atoms with Crippen LogP contribution in [0.15, 0.2) is 54.6 Å². The van der Waals surface area contributed by atoms with Gasteiger partial charge in [-0.15, -0.1) is 0 Å². The van der Waals surface area contributed by atoms with E-state index in [1.807, 2.05) is 43.3 Å². The molecule has 27 heavy (non-hydrogen) atoms. The van der Waals surface area contributed by atoms with Crippen LogP contribution in [0.1, 0.15) is 12.5 Å². The van der Waals surface area contributed by atoms with E-state index < -0.39 is 0 Å². The van der Waals surface area contributed by atoms with E-state index in [2.05, 4.69) is 33.3 Å². The second kappa shape index (κ2) is 9.42. The number of hydrogen-bond donors (Lipinski definition) is 1. The summed E-state index contributed by atoms with van der Waals surface area (Å²) in [6, 6.07) is 18.2. The number of rotatable bonds is 7. The molecule has 2 aromatic rings. The minimum absolute atomic E-state index is 0.108. The third kappa shape index (κ3) is 5.01. The van der Waals surface area contributed by atoms with Crippen LogP contribution in [0.3, 0.4) is 0 Å². The van der Waals surface area contributed by atoms with Crippen molar-refractivity contribution in [2.24, 2.45) is 0 Å². The van der Waals surface area contributed by atoms with Crippen LogP contribution in [0.5, 0.6) is 5.75 Å². The highest BCUT2D eigenvalue weighted by Crippen LogP contribution is 2.28. The number of hydrogen-bond acceptors (Lipinski definition) is 4. The molecule has 1 amide bonds. The summed E-state index contributed by atoms with van der Waals surface area (Å²) in [6.07, 6.45) is 0.862. The zero-order valence-electron chi connectivity index (χ0n) is 16.2. The highest BCUT2D eigenvalue weighted by Gasteiger charge is 2.26. The zero-order valence-corrected chi connectivity index (χ0v) is 16.2. The van der Waals surface area contributed by atoms with Crippen LogP contribution in [0.25, 0.3) is 0 Å². The number of carbonyl (C=O) groups is 1. The number of para-hydroxylation sites is 2. The van der Waals surface area contributed by atoms with Crippen molar-refractivity contribution >= 4 is 11.6 Å². The van der Waals surface area contributed by atoms with Crippen molar-refractivity contribution in [2.75, 3.05) is 44.7 Å². The molecule has 0 saturated carbocycles. The summed E-state index contributed by atoms with van der Waals surface area (Å²) >= 11 is 0. The lowest BCUT2D eigenvalue weighted by Gasteiger charge is -2.38. The molecule has 0 aliphatic carbocycles. The Balaban J connectivity index is 1.46. The Bertz CT molecular complexity index is 727. The molecule has 0 aromatic heterocycles. The van der Waals surface area contributed by atoms with E-state index in [9.17, 15) is 4.79 Å². The molecule has 1 aliphatic heterocycles. The predicted molar refractivity (Wildman–Crippen MR) is 109 cm³/mol. The van der Waals surface area contributed by atoms with E-state index >= 15 is 0 Å². The first kappa shape index (κ1) is 19.2. The SMILES string of the molecule is COc1ccccc1N1CCN([C@H](C)C(=O)NCCc2ccccc2)CC1. The van der Waals surface area contributed by atoms with Gasteiger partial charge in [-0.1, -0.05) is 42.5 Å². The van der Waals surface area contributed by atoms with Gasteiger partial charge in [-0.3, -0.25) is 9.69 Å². The Morgan fingerprint density at radius 2 is 1.70 bits per heavy atom. The number of nitrogens with one attached hydrogen (secondary N) is 1. The Labute approximate surface area is 161 Å². The first-order chi connectivity index (χ1) is 13.2. The average Bonchev–Trinajstić information content (AvgIpc) is 2.74. The smallest absolute Gasteiger partial charge is 0.237 e. The van der Waals surface area contributed by atoms with Gasteiger partial charge in [0.2, 0.25) is 5.91 Å². The van der Waals surface area contributed by atoms with Gasteiger partial charge in [0.15, 0.2) is 0 Å². The van der Waals surface area contributed by atoms with E-state index in [0.717, 1.165) is 44.0 Å². The molecule has 0 spiro atoms. The molecule has 1 aliphatic rings. The third-order valence-corrected chi connectivity index (χ3v) is 5.22. The van der Waals surface area contributed by atoms with Crippen LogP contribution in [-0.2, 0) is 11.2 Å². The van der Waals surface area contributed by atoms with Gasteiger partial charge in [-0.2, -0.15) is 0 Å². The number of ether oxygens (including phenoxy) is 1. The van der Waals surface area contributed by atoms with Gasteiger partial charge in [0.05, 0.1) is 18.8 Å². The number of nitrogens with zero attached hydrogens (tertiary/aromatic N) is 2. The fourth-order valence-electron chi connectivity index (χ4n) is 3.53. The molecule has 1 heterocycles. The monoisotopic (exact) mass is 367 g/mol. The van der Waals surface area contributed by atoms with Crippen LogP contribution >= 0.6 is 0 Å². The predicted octanol–water partition coefficient (Wildman–Crippen LogP) is 2.56. The Kier molecular flexibility index (Phi) is 6.71. The molecule has 0 unspecified atom stereocenters. The molecule has 1 saturated heterocycles. The molecule has 1 atom stereocenters. The summed E-state index contributed by atoms with van der Waals surface area (Å²) in [7, 11) is 1.71. The molecule has 1 N–H and O–H groups in total. The number of amides is 1. The normalized spacial score (nSPS) is 16.0. The lowest BCUT2D eigenvalue weighted by Crippen LogP contribution is -2.54. The van der Waals surface area contributed by atoms with Gasteiger partial charge < -0.3 is 15.0 Å². The van der Waals surface area contributed by atoms with E-state index in [4.69, 9.17) is 4.74 Å². The second-order valence-corrected chi connectivity index (χ2v) is 6.90. The molecule has 5 heteroatoms. The van der Waals surface area contributed by atoms with Gasteiger partial charge in [-0.05, 0) is 31.0 Å². The molecule has 0 radical (unpaired) electrons. The highest BCUT2D eigenvalue weighted by molar-refractivity contribution is 5.81. The number of carbonyl (C=O) groups excluding carboxylic acids is 1. The average molecular weight is 367 g/mol. The van der Waals surface area contributed by atoms with E-state index in [1.54, 1.807) is 7.11 Å². The Morgan fingerprint density at radius 3 is 2.41 bits per heavy atom. The highest BCUT2D eigenvalue weighted by atomic mass is 16.5. The van der Waals surface area contributed by atoms with Crippen LogP contribution < -0.4 is 15.0 Å². The van der Waals surface area contributed by atoms with E-state index in [0.29, 0.717) is 6.54 Å². The van der Waals surface area contributed by atoms with Gasteiger partial charge in [0.25, 0.3) is 0 Å². The fourth-order valence-corrected chi connectivity index (χ4v) is 3.53. The molecular weight excluding hydrogens is 338 g/mol. The molecule has 1 fully saturated rings. The Hall–Kier alpha value is -2.53. The van der Waals surface area contributed by atoms with Crippen molar-refractivity contribution in [1.82, 2.24) is 10.2 Å². The number of anilines is 1. The molecule has 3 rings (SSSR count). The van der Waals surface area contributed by atoms with Crippen molar-refractivity contribution in [2.45, 2.75) is 19.4 Å². The van der Waals surface area contributed by atoms with E-state index in [1.165, 1.54) is 5.56 Å². The van der Waals surface area contributed by atoms with Crippen LogP contribution in [0.2, 0.25) is 0 Å². The quantitative estimate of drug-likeness (QED) is 0.817. The zero-order chi connectivity index (χ0) is 19.1. The van der Waals surface area contributed by atoms with Gasteiger partial charge in [-0.25, -0.2) is 0 Å². The standard InChI is InChI=1S/C22H29N3O2/c1-18(22(26)23-13-12-19-8-4-3-5-9-19)24-14-16-25(17-15-24)20-10-6-7-11-21(20)27-2/h3-11,18H,12-17H2,1-2H3,(H,23,26)/t18-/m1/s1. The number of methoxy groups -OCH3 is 1. The number of benzene rings is 2.